The van der Waals surface area contributed by atoms with Gasteiger partial charge in [-0.1, -0.05) is 0 Å². The van der Waals surface area contributed by atoms with Crippen LogP contribution < -0.4 is 10.3 Å². The van der Waals surface area contributed by atoms with E-state index >= 15 is 0 Å². The summed E-state index contributed by atoms with van der Waals surface area (Å²) in [6.45, 7) is -0.116. The number of pyridine rings is 1. The lowest BCUT2D eigenvalue weighted by Gasteiger charge is -2.12. The van der Waals surface area contributed by atoms with Crippen LogP contribution in [0.4, 0.5) is 8.78 Å². The molecule has 7 heteroatoms. The van der Waals surface area contributed by atoms with Gasteiger partial charge < -0.3 is 14.0 Å². The van der Waals surface area contributed by atoms with Gasteiger partial charge in [0.2, 0.25) is 0 Å². The minimum absolute atomic E-state index is 0.0118. The molecule has 0 saturated heterocycles. The molecule has 1 aromatic heterocycles. The van der Waals surface area contributed by atoms with E-state index < -0.39 is 11.6 Å². The van der Waals surface area contributed by atoms with Gasteiger partial charge in [-0.2, -0.15) is 0 Å². The fourth-order valence-electron chi connectivity index (χ4n) is 1.86. The Hall–Kier alpha value is -1.73. The van der Waals surface area contributed by atoms with Crippen molar-refractivity contribution in [2.24, 2.45) is 7.05 Å². The molecule has 0 N–H and O–H groups in total. The van der Waals surface area contributed by atoms with Gasteiger partial charge in [0.05, 0.1) is 15.7 Å². The Morgan fingerprint density at radius 3 is 2.43 bits per heavy atom. The normalized spacial score (nSPS) is 10.7. The molecule has 2 aromatic rings. The number of hydrogen-bond acceptors (Lipinski definition) is 3. The van der Waals surface area contributed by atoms with Crippen LogP contribution in [0, 0.1) is 11.6 Å². The van der Waals surface area contributed by atoms with Crippen LogP contribution in [0.5, 0.6) is 5.75 Å². The van der Waals surface area contributed by atoms with Gasteiger partial charge in [0.25, 0.3) is 5.56 Å². The predicted molar refractivity (Wildman–Crippen MR) is 77.2 cm³/mol. The summed E-state index contributed by atoms with van der Waals surface area (Å²) in [6.07, 6.45) is 0. The zero-order valence-electron chi connectivity index (χ0n) is 11.3. The van der Waals surface area contributed by atoms with Gasteiger partial charge in [-0.25, -0.2) is 8.78 Å². The van der Waals surface area contributed by atoms with E-state index in [0.717, 1.165) is 12.1 Å². The first-order valence-corrected chi connectivity index (χ1v) is 6.71. The van der Waals surface area contributed by atoms with Gasteiger partial charge in [0.15, 0.2) is 6.79 Å². The number of methoxy groups -OCH3 is 1. The van der Waals surface area contributed by atoms with Crippen molar-refractivity contribution in [1.82, 2.24) is 4.57 Å². The van der Waals surface area contributed by atoms with E-state index in [4.69, 9.17) is 4.74 Å². The van der Waals surface area contributed by atoms with Gasteiger partial charge in [-0.15, -0.1) is 0 Å². The molecule has 4 nitrogen and oxygen atoms in total. The zero-order valence-corrected chi connectivity index (χ0v) is 12.9. The summed E-state index contributed by atoms with van der Waals surface area (Å²) < 4.78 is 39.5. The third-order valence-corrected chi connectivity index (χ3v) is 3.48. The van der Waals surface area contributed by atoms with Crippen LogP contribution in [0.2, 0.25) is 0 Å². The number of aromatic nitrogens is 1. The van der Waals surface area contributed by atoms with Crippen LogP contribution in [0.25, 0.3) is 11.3 Å². The third kappa shape index (κ3) is 3.14. The van der Waals surface area contributed by atoms with Crippen LogP contribution in [0.1, 0.15) is 0 Å². The zero-order chi connectivity index (χ0) is 15.6. The van der Waals surface area contributed by atoms with Crippen LogP contribution in [-0.2, 0) is 11.8 Å². The Labute approximate surface area is 128 Å². The predicted octanol–water partition coefficient (Wildman–Crippen LogP) is 3.08. The molecule has 112 valence electrons. The van der Waals surface area contributed by atoms with Crippen molar-refractivity contribution in [3.63, 3.8) is 0 Å². The molecule has 21 heavy (non-hydrogen) atoms. The molecule has 0 aliphatic rings. The summed E-state index contributed by atoms with van der Waals surface area (Å²) >= 11 is 3.08. The molecule has 0 aliphatic heterocycles. The highest BCUT2D eigenvalue weighted by Crippen LogP contribution is 2.29. The molecule has 1 aromatic carbocycles. The minimum Gasteiger partial charge on any atom is -0.467 e. The Kier molecular flexibility index (Phi) is 4.74. The van der Waals surface area contributed by atoms with Crippen LogP contribution >= 0.6 is 15.9 Å². The van der Waals surface area contributed by atoms with Crippen LogP contribution in [-0.4, -0.2) is 18.5 Å². The first kappa shape index (κ1) is 15.7. The van der Waals surface area contributed by atoms with E-state index in [1.54, 1.807) is 0 Å². The number of hydrogen-bond donors (Lipinski definition) is 0. The van der Waals surface area contributed by atoms with Gasteiger partial charge in [-0.05, 0) is 28.1 Å². The number of halogens is 3. The molecule has 0 amide bonds. The average molecular weight is 360 g/mol. The Morgan fingerprint density at radius 2 is 1.86 bits per heavy atom. The van der Waals surface area contributed by atoms with E-state index in [1.165, 1.54) is 30.9 Å². The standard InChI is InChI=1S/C14H12BrF2NO3/c1-18-12(4-3-9(15)14(18)19)13-10(16)5-8(6-11(13)17)21-7-20-2/h3-6H,7H2,1-2H3. The molecule has 0 atom stereocenters. The maximum atomic E-state index is 14.1. The molecule has 0 saturated carbocycles. The van der Waals surface area contributed by atoms with Crippen LogP contribution in [0.3, 0.4) is 0 Å². The fraction of sp³-hybridized carbons (Fsp3) is 0.214. The molecule has 0 bridgehead atoms. The smallest absolute Gasteiger partial charge is 0.265 e. The summed E-state index contributed by atoms with van der Waals surface area (Å²) in [7, 11) is 2.84. The topological polar surface area (TPSA) is 40.5 Å². The van der Waals surface area contributed by atoms with Crippen molar-refractivity contribution in [2.45, 2.75) is 0 Å². The lowest BCUT2D eigenvalue weighted by molar-refractivity contribution is 0.0507. The molecular formula is C14H12BrF2NO3. The molecule has 0 radical (unpaired) electrons. The van der Waals surface area contributed by atoms with Gasteiger partial charge in [0, 0.05) is 26.3 Å². The van der Waals surface area contributed by atoms with E-state index in [9.17, 15) is 13.6 Å². The largest absolute Gasteiger partial charge is 0.467 e. The quantitative estimate of drug-likeness (QED) is 0.787. The molecule has 0 fully saturated rings. The number of ether oxygens (including phenoxy) is 2. The maximum Gasteiger partial charge on any atom is 0.265 e. The van der Waals surface area contributed by atoms with E-state index in [0.29, 0.717) is 4.47 Å². The second kappa shape index (κ2) is 6.36. The highest BCUT2D eigenvalue weighted by atomic mass is 79.9. The van der Waals surface area contributed by atoms with E-state index in [2.05, 4.69) is 20.7 Å². The molecule has 0 unspecified atom stereocenters. The van der Waals surface area contributed by atoms with Crippen molar-refractivity contribution < 1.29 is 18.3 Å². The van der Waals surface area contributed by atoms with Gasteiger partial charge in [-0.3, -0.25) is 4.79 Å². The van der Waals surface area contributed by atoms with E-state index in [-0.39, 0.29) is 29.4 Å². The van der Waals surface area contributed by atoms with Gasteiger partial charge in [0.1, 0.15) is 17.4 Å². The maximum absolute atomic E-state index is 14.1. The molecule has 0 aliphatic carbocycles. The first-order valence-electron chi connectivity index (χ1n) is 5.92. The second-order valence-electron chi connectivity index (χ2n) is 4.24. The molecular weight excluding hydrogens is 348 g/mol. The lowest BCUT2D eigenvalue weighted by atomic mass is 10.1. The average Bonchev–Trinajstić information content (AvgIpc) is 2.44. The lowest BCUT2D eigenvalue weighted by Crippen LogP contribution is -2.19. The van der Waals surface area contributed by atoms with E-state index in [1.807, 2.05) is 0 Å². The summed E-state index contributed by atoms with van der Waals surface area (Å²) in [5, 5.41) is 0. The number of benzene rings is 1. The Bertz CT molecular complexity index is 708. The van der Waals surface area contributed by atoms with Crippen molar-refractivity contribution in [1.29, 1.82) is 0 Å². The Balaban J connectivity index is 2.55. The summed E-state index contributed by atoms with van der Waals surface area (Å²) in [5.41, 5.74) is -0.533. The Morgan fingerprint density at radius 1 is 1.24 bits per heavy atom. The van der Waals surface area contributed by atoms with Crippen molar-refractivity contribution >= 4 is 15.9 Å². The fourth-order valence-corrected chi connectivity index (χ4v) is 2.26. The molecule has 2 rings (SSSR count). The van der Waals surface area contributed by atoms with Crippen LogP contribution in [0.15, 0.2) is 33.5 Å². The SMILES string of the molecule is COCOc1cc(F)c(-c2ccc(Br)c(=O)n2C)c(F)c1. The summed E-state index contributed by atoms with van der Waals surface area (Å²) in [6, 6.07) is 5.00. The van der Waals surface area contributed by atoms with Crippen molar-refractivity contribution in [3.05, 3.63) is 50.7 Å². The molecule has 0 spiro atoms. The summed E-state index contributed by atoms with van der Waals surface area (Å²) in [4.78, 5) is 11.8. The second-order valence-corrected chi connectivity index (χ2v) is 5.10. The first-order chi connectivity index (χ1) is 9.95. The van der Waals surface area contributed by atoms with Crippen molar-refractivity contribution in [3.8, 4) is 17.0 Å². The number of rotatable bonds is 4. The minimum atomic E-state index is -0.821. The van der Waals surface area contributed by atoms with Gasteiger partial charge >= 0.3 is 0 Å². The monoisotopic (exact) mass is 359 g/mol. The molecule has 1 heterocycles. The third-order valence-electron chi connectivity index (χ3n) is 2.87. The highest BCUT2D eigenvalue weighted by molar-refractivity contribution is 9.10. The number of nitrogens with zero attached hydrogens (tertiary/aromatic N) is 1. The highest BCUT2D eigenvalue weighted by Gasteiger charge is 2.17. The summed E-state index contributed by atoms with van der Waals surface area (Å²) in [5.74, 6) is -1.63. The van der Waals surface area contributed by atoms with Crippen molar-refractivity contribution in [2.75, 3.05) is 13.9 Å².